The van der Waals surface area contributed by atoms with Crippen molar-refractivity contribution in [1.29, 1.82) is 0 Å². The largest absolute Gasteiger partial charge is 0.394 e. The number of aryl methyl sites for hydroxylation is 1. The Morgan fingerprint density at radius 2 is 1.89 bits per heavy atom. The van der Waals surface area contributed by atoms with E-state index in [2.05, 4.69) is 26.1 Å². The molecule has 1 rings (SSSR count). The van der Waals surface area contributed by atoms with Crippen LogP contribution in [-0.2, 0) is 6.42 Å². The lowest BCUT2D eigenvalue weighted by Crippen LogP contribution is -2.38. The maximum atomic E-state index is 12.0. The normalized spacial score (nSPS) is 12.5. The number of carbonyl (C=O) groups is 1. The van der Waals surface area contributed by atoms with Crippen LogP contribution < -0.4 is 5.32 Å². The first-order valence-corrected chi connectivity index (χ1v) is 6.57. The smallest absolute Gasteiger partial charge is 0.251 e. The summed E-state index contributed by atoms with van der Waals surface area (Å²) in [4.78, 5) is 12.0. The van der Waals surface area contributed by atoms with Crippen LogP contribution in [0, 0.1) is 5.92 Å². The molecular formula is C15H23NO2. The molecule has 0 saturated carbocycles. The Morgan fingerprint density at radius 1 is 1.28 bits per heavy atom. The lowest BCUT2D eigenvalue weighted by molar-refractivity contribution is 0.0908. The molecule has 0 radical (unpaired) electrons. The average molecular weight is 249 g/mol. The second kappa shape index (κ2) is 7.17. The van der Waals surface area contributed by atoms with Crippen LogP contribution in [0.3, 0.4) is 0 Å². The monoisotopic (exact) mass is 249 g/mol. The summed E-state index contributed by atoms with van der Waals surface area (Å²) in [5.74, 6) is 0.335. The van der Waals surface area contributed by atoms with Crippen LogP contribution in [0.25, 0.3) is 0 Å². The van der Waals surface area contributed by atoms with Crippen molar-refractivity contribution in [1.82, 2.24) is 5.32 Å². The molecule has 3 nitrogen and oxygen atoms in total. The van der Waals surface area contributed by atoms with Crippen molar-refractivity contribution in [3.05, 3.63) is 35.4 Å². The first-order chi connectivity index (χ1) is 8.56. The molecular weight excluding hydrogens is 226 g/mol. The van der Waals surface area contributed by atoms with E-state index in [1.165, 1.54) is 5.56 Å². The van der Waals surface area contributed by atoms with Crippen LogP contribution in [0.4, 0.5) is 0 Å². The van der Waals surface area contributed by atoms with Crippen molar-refractivity contribution in [3.8, 4) is 0 Å². The van der Waals surface area contributed by atoms with Crippen LogP contribution >= 0.6 is 0 Å². The third-order valence-electron chi connectivity index (χ3n) is 2.94. The fraction of sp³-hybridized carbons (Fsp3) is 0.533. The quantitative estimate of drug-likeness (QED) is 0.813. The molecule has 0 bridgehead atoms. The second-order valence-corrected chi connectivity index (χ2v) is 5.03. The predicted octanol–water partition coefficient (Wildman–Crippen LogP) is 2.39. The standard InChI is InChI=1S/C15H23NO2/c1-4-12-5-7-13(8-6-12)15(18)16-14(10-17)9-11(2)3/h5-8,11,14,17H,4,9-10H2,1-3H3,(H,16,18). The molecule has 0 fully saturated rings. The molecule has 1 aromatic rings. The minimum absolute atomic E-state index is 0.0169. The van der Waals surface area contributed by atoms with Gasteiger partial charge in [-0.1, -0.05) is 32.9 Å². The van der Waals surface area contributed by atoms with Crippen LogP contribution in [0.1, 0.15) is 43.1 Å². The number of rotatable bonds is 6. The van der Waals surface area contributed by atoms with Crippen molar-refractivity contribution >= 4 is 5.91 Å². The number of aliphatic hydroxyl groups is 1. The summed E-state index contributed by atoms with van der Waals surface area (Å²) in [5.41, 5.74) is 1.86. The zero-order chi connectivity index (χ0) is 13.5. The number of aliphatic hydroxyl groups excluding tert-OH is 1. The van der Waals surface area contributed by atoms with E-state index in [1.54, 1.807) is 0 Å². The van der Waals surface area contributed by atoms with E-state index in [4.69, 9.17) is 0 Å². The van der Waals surface area contributed by atoms with Crippen molar-refractivity contribution in [2.75, 3.05) is 6.61 Å². The van der Waals surface area contributed by atoms with Gasteiger partial charge >= 0.3 is 0 Å². The lowest BCUT2D eigenvalue weighted by atomic mass is 10.0. The minimum Gasteiger partial charge on any atom is -0.394 e. The second-order valence-electron chi connectivity index (χ2n) is 5.03. The molecule has 1 atom stereocenters. The maximum absolute atomic E-state index is 12.0. The van der Waals surface area contributed by atoms with E-state index < -0.39 is 0 Å². The van der Waals surface area contributed by atoms with Gasteiger partial charge in [-0.05, 0) is 36.5 Å². The Hall–Kier alpha value is -1.35. The van der Waals surface area contributed by atoms with Gasteiger partial charge in [-0.3, -0.25) is 4.79 Å². The van der Waals surface area contributed by atoms with Gasteiger partial charge in [0.2, 0.25) is 0 Å². The van der Waals surface area contributed by atoms with Crippen molar-refractivity contribution < 1.29 is 9.90 Å². The van der Waals surface area contributed by atoms with Crippen LogP contribution in [0.15, 0.2) is 24.3 Å². The summed E-state index contributed by atoms with van der Waals surface area (Å²) < 4.78 is 0. The van der Waals surface area contributed by atoms with Crippen molar-refractivity contribution in [3.63, 3.8) is 0 Å². The summed E-state index contributed by atoms with van der Waals surface area (Å²) in [6.45, 7) is 6.21. The topological polar surface area (TPSA) is 49.3 Å². The molecule has 0 saturated heterocycles. The minimum atomic E-state index is -0.164. The van der Waals surface area contributed by atoms with E-state index in [9.17, 15) is 9.90 Å². The molecule has 0 aliphatic carbocycles. The number of hydrogen-bond donors (Lipinski definition) is 2. The highest BCUT2D eigenvalue weighted by atomic mass is 16.3. The summed E-state index contributed by atoms with van der Waals surface area (Å²) in [5, 5.41) is 12.1. The molecule has 18 heavy (non-hydrogen) atoms. The molecule has 100 valence electrons. The van der Waals surface area contributed by atoms with E-state index in [-0.39, 0.29) is 18.6 Å². The first-order valence-electron chi connectivity index (χ1n) is 6.57. The van der Waals surface area contributed by atoms with Gasteiger partial charge in [-0.25, -0.2) is 0 Å². The average Bonchev–Trinajstić information content (AvgIpc) is 2.37. The van der Waals surface area contributed by atoms with Gasteiger partial charge in [-0.2, -0.15) is 0 Å². The summed E-state index contributed by atoms with van der Waals surface area (Å²) >= 11 is 0. The van der Waals surface area contributed by atoms with Gasteiger partial charge < -0.3 is 10.4 Å². The van der Waals surface area contributed by atoms with Crippen LogP contribution in [0.5, 0.6) is 0 Å². The van der Waals surface area contributed by atoms with Crippen LogP contribution in [-0.4, -0.2) is 23.7 Å². The number of benzene rings is 1. The van der Waals surface area contributed by atoms with Gasteiger partial charge in [0.05, 0.1) is 12.6 Å². The SMILES string of the molecule is CCc1ccc(C(=O)NC(CO)CC(C)C)cc1. The molecule has 1 aromatic carbocycles. The molecule has 1 amide bonds. The molecule has 0 spiro atoms. The summed E-state index contributed by atoms with van der Waals surface area (Å²) in [7, 11) is 0. The lowest BCUT2D eigenvalue weighted by Gasteiger charge is -2.18. The Bertz CT molecular complexity index is 371. The molecule has 3 heteroatoms. The van der Waals surface area contributed by atoms with Crippen LogP contribution in [0.2, 0.25) is 0 Å². The Morgan fingerprint density at radius 3 is 2.33 bits per heavy atom. The Labute approximate surface area is 109 Å². The number of nitrogens with one attached hydrogen (secondary N) is 1. The molecule has 0 aromatic heterocycles. The number of hydrogen-bond acceptors (Lipinski definition) is 2. The molecule has 1 unspecified atom stereocenters. The third kappa shape index (κ3) is 4.49. The maximum Gasteiger partial charge on any atom is 0.251 e. The zero-order valence-electron chi connectivity index (χ0n) is 11.4. The molecule has 0 aliphatic heterocycles. The van der Waals surface area contributed by atoms with Gasteiger partial charge in [0, 0.05) is 5.56 Å². The third-order valence-corrected chi connectivity index (χ3v) is 2.94. The Balaban J connectivity index is 2.62. The molecule has 0 aliphatic rings. The summed E-state index contributed by atoms with van der Waals surface area (Å²) in [6.07, 6.45) is 1.75. The van der Waals surface area contributed by atoms with Gasteiger partial charge in [0.15, 0.2) is 0 Å². The Kier molecular flexibility index (Phi) is 5.86. The van der Waals surface area contributed by atoms with Gasteiger partial charge in [-0.15, -0.1) is 0 Å². The van der Waals surface area contributed by atoms with E-state index >= 15 is 0 Å². The van der Waals surface area contributed by atoms with Crippen molar-refractivity contribution in [2.45, 2.75) is 39.7 Å². The van der Waals surface area contributed by atoms with Gasteiger partial charge in [0.25, 0.3) is 5.91 Å². The van der Waals surface area contributed by atoms with Crippen molar-refractivity contribution in [2.24, 2.45) is 5.92 Å². The van der Waals surface area contributed by atoms with Gasteiger partial charge in [0.1, 0.15) is 0 Å². The van der Waals surface area contributed by atoms with E-state index in [0.29, 0.717) is 11.5 Å². The van der Waals surface area contributed by atoms with E-state index in [0.717, 1.165) is 12.8 Å². The molecule has 0 heterocycles. The highest BCUT2D eigenvalue weighted by Gasteiger charge is 2.14. The number of carbonyl (C=O) groups excluding carboxylic acids is 1. The molecule has 2 N–H and O–H groups in total. The zero-order valence-corrected chi connectivity index (χ0v) is 11.4. The highest BCUT2D eigenvalue weighted by molar-refractivity contribution is 5.94. The fourth-order valence-electron chi connectivity index (χ4n) is 1.91. The first kappa shape index (κ1) is 14.7. The predicted molar refractivity (Wildman–Crippen MR) is 73.6 cm³/mol. The fourth-order valence-corrected chi connectivity index (χ4v) is 1.91. The highest BCUT2D eigenvalue weighted by Crippen LogP contribution is 2.08. The number of amides is 1. The van der Waals surface area contributed by atoms with E-state index in [1.807, 2.05) is 24.3 Å². The summed E-state index contributed by atoms with van der Waals surface area (Å²) in [6, 6.07) is 7.43.